The van der Waals surface area contributed by atoms with Gasteiger partial charge in [-0.05, 0) is 29.3 Å². The molecule has 1 amide bonds. The van der Waals surface area contributed by atoms with Crippen LogP contribution in [-0.2, 0) is 11.3 Å². The van der Waals surface area contributed by atoms with Gasteiger partial charge in [-0.3, -0.25) is 4.79 Å². The first kappa shape index (κ1) is 17.8. The highest BCUT2D eigenvalue weighted by atomic mass is 19.1. The summed E-state index contributed by atoms with van der Waals surface area (Å²) in [4.78, 5) is 12.5. The van der Waals surface area contributed by atoms with Gasteiger partial charge >= 0.3 is 0 Å². The van der Waals surface area contributed by atoms with E-state index in [9.17, 15) is 9.18 Å². The number of carbonyl (C=O) groups excluding carboxylic acids is 1. The molecule has 3 aromatic rings. The van der Waals surface area contributed by atoms with Gasteiger partial charge in [0.15, 0.2) is 0 Å². The largest absolute Gasteiger partial charge is 0.374 e. The fraction of sp³-hybridized carbons (Fsp3) is 0.136. The molecule has 3 rings (SSSR count). The number of hydrogen-bond acceptors (Lipinski definition) is 2. The highest BCUT2D eigenvalue weighted by Crippen LogP contribution is 2.15. The van der Waals surface area contributed by atoms with Crippen LogP contribution in [0.3, 0.4) is 0 Å². The molecule has 1 N–H and O–H groups in total. The Morgan fingerprint density at radius 1 is 0.923 bits per heavy atom. The van der Waals surface area contributed by atoms with Gasteiger partial charge in [-0.2, -0.15) is 0 Å². The first-order valence-corrected chi connectivity index (χ1v) is 8.45. The highest BCUT2D eigenvalue weighted by Gasteiger charge is 2.16. The number of ether oxygens (including phenoxy) is 1. The number of halogens is 1. The van der Waals surface area contributed by atoms with Crippen molar-refractivity contribution in [2.75, 3.05) is 6.61 Å². The summed E-state index contributed by atoms with van der Waals surface area (Å²) in [5, 5.41) is 2.93. The first-order valence-electron chi connectivity index (χ1n) is 8.45. The smallest absolute Gasteiger partial charge is 0.251 e. The van der Waals surface area contributed by atoms with Crippen LogP contribution in [0.2, 0.25) is 0 Å². The Bertz CT molecular complexity index is 837. The zero-order valence-electron chi connectivity index (χ0n) is 14.3. The molecule has 0 spiro atoms. The van der Waals surface area contributed by atoms with Crippen LogP contribution in [0.15, 0.2) is 84.9 Å². The van der Waals surface area contributed by atoms with E-state index in [4.69, 9.17) is 4.74 Å². The lowest BCUT2D eigenvalue weighted by Crippen LogP contribution is -2.31. The Labute approximate surface area is 152 Å². The molecule has 0 aliphatic carbocycles. The summed E-state index contributed by atoms with van der Waals surface area (Å²) in [5.41, 5.74) is 2.29. The predicted molar refractivity (Wildman–Crippen MR) is 99.1 cm³/mol. The molecule has 0 aromatic heterocycles. The van der Waals surface area contributed by atoms with Gasteiger partial charge in [0.1, 0.15) is 5.82 Å². The number of carbonyl (C=O) groups is 1. The van der Waals surface area contributed by atoms with E-state index in [1.54, 1.807) is 6.07 Å². The molecule has 0 saturated carbocycles. The minimum absolute atomic E-state index is 0.286. The molecule has 3 nitrogen and oxygen atoms in total. The molecule has 1 unspecified atom stereocenters. The summed E-state index contributed by atoms with van der Waals surface area (Å²) in [6.45, 7) is 0.778. The minimum Gasteiger partial charge on any atom is -0.374 e. The van der Waals surface area contributed by atoms with Gasteiger partial charge in [0.05, 0.1) is 19.3 Å². The van der Waals surface area contributed by atoms with Gasteiger partial charge in [0, 0.05) is 5.56 Å². The van der Waals surface area contributed by atoms with Crippen molar-refractivity contribution in [3.63, 3.8) is 0 Å². The second kappa shape index (κ2) is 8.92. The molecule has 26 heavy (non-hydrogen) atoms. The summed E-state index contributed by atoms with van der Waals surface area (Å²) in [7, 11) is 0. The molecular weight excluding hydrogens is 329 g/mol. The zero-order chi connectivity index (χ0) is 18.2. The first-order chi connectivity index (χ1) is 12.7. The molecule has 4 heteroatoms. The van der Waals surface area contributed by atoms with E-state index in [1.165, 1.54) is 18.2 Å². The van der Waals surface area contributed by atoms with E-state index in [2.05, 4.69) is 5.32 Å². The molecule has 0 radical (unpaired) electrons. The Hall–Kier alpha value is -2.98. The fourth-order valence-electron chi connectivity index (χ4n) is 2.65. The average Bonchev–Trinajstić information content (AvgIpc) is 2.68. The van der Waals surface area contributed by atoms with Crippen LogP contribution in [0, 0.1) is 5.82 Å². The number of rotatable bonds is 7. The highest BCUT2D eigenvalue weighted by molar-refractivity contribution is 5.94. The maximum atomic E-state index is 13.4. The monoisotopic (exact) mass is 349 g/mol. The van der Waals surface area contributed by atoms with Gasteiger partial charge in [0.2, 0.25) is 0 Å². The Morgan fingerprint density at radius 2 is 1.62 bits per heavy atom. The van der Waals surface area contributed by atoms with Gasteiger partial charge in [-0.25, -0.2) is 4.39 Å². The van der Waals surface area contributed by atoms with Crippen molar-refractivity contribution in [2.24, 2.45) is 0 Å². The topological polar surface area (TPSA) is 38.3 Å². The Kier molecular flexibility index (Phi) is 6.12. The second-order valence-electron chi connectivity index (χ2n) is 5.95. The molecule has 0 bridgehead atoms. The van der Waals surface area contributed by atoms with Crippen LogP contribution in [0.1, 0.15) is 27.5 Å². The summed E-state index contributed by atoms with van der Waals surface area (Å²) in [6, 6.07) is 24.8. The average molecular weight is 349 g/mol. The van der Waals surface area contributed by atoms with Crippen molar-refractivity contribution in [2.45, 2.75) is 12.6 Å². The minimum atomic E-state index is -0.436. The molecule has 132 valence electrons. The van der Waals surface area contributed by atoms with Gasteiger partial charge < -0.3 is 10.1 Å². The number of amides is 1. The molecule has 3 aromatic carbocycles. The van der Waals surface area contributed by atoms with Crippen molar-refractivity contribution in [1.29, 1.82) is 0 Å². The molecular formula is C22H20FNO2. The van der Waals surface area contributed by atoms with Gasteiger partial charge in [-0.1, -0.05) is 66.7 Å². The molecule has 0 aliphatic rings. The van der Waals surface area contributed by atoms with Crippen molar-refractivity contribution >= 4 is 5.91 Å². The van der Waals surface area contributed by atoms with Gasteiger partial charge in [0.25, 0.3) is 5.91 Å². The van der Waals surface area contributed by atoms with E-state index in [0.717, 1.165) is 11.1 Å². The van der Waals surface area contributed by atoms with Crippen LogP contribution < -0.4 is 5.32 Å². The molecule has 0 aliphatic heterocycles. The fourth-order valence-corrected chi connectivity index (χ4v) is 2.65. The van der Waals surface area contributed by atoms with Crippen molar-refractivity contribution in [3.8, 4) is 0 Å². The lowest BCUT2D eigenvalue weighted by Gasteiger charge is -2.19. The summed E-state index contributed by atoms with van der Waals surface area (Å²) < 4.78 is 19.2. The normalized spacial score (nSPS) is 11.7. The Balaban J connectivity index is 1.68. The van der Waals surface area contributed by atoms with Crippen molar-refractivity contribution < 1.29 is 13.9 Å². The number of hydrogen-bond donors (Lipinski definition) is 1. The lowest BCUT2D eigenvalue weighted by atomic mass is 10.1. The maximum absolute atomic E-state index is 13.4. The second-order valence-corrected chi connectivity index (χ2v) is 5.95. The third-order valence-electron chi connectivity index (χ3n) is 3.99. The SMILES string of the molecule is O=C(NC(COCc1ccccc1)c1ccccc1)c1cccc(F)c1. The predicted octanol–water partition coefficient (Wildman–Crippen LogP) is 4.51. The van der Waals surface area contributed by atoms with E-state index in [0.29, 0.717) is 13.2 Å². The summed E-state index contributed by atoms with van der Waals surface area (Å²) in [5.74, 6) is -0.768. The van der Waals surface area contributed by atoms with Crippen LogP contribution in [0.5, 0.6) is 0 Å². The number of nitrogens with one attached hydrogen (secondary N) is 1. The third kappa shape index (κ3) is 5.01. The van der Waals surface area contributed by atoms with Crippen molar-refractivity contribution in [1.82, 2.24) is 5.32 Å². The van der Waals surface area contributed by atoms with Crippen LogP contribution in [0.25, 0.3) is 0 Å². The van der Waals surface area contributed by atoms with Crippen LogP contribution in [0.4, 0.5) is 4.39 Å². The third-order valence-corrected chi connectivity index (χ3v) is 3.99. The van der Waals surface area contributed by atoms with Crippen molar-refractivity contribution in [3.05, 3.63) is 107 Å². The number of benzene rings is 3. The maximum Gasteiger partial charge on any atom is 0.251 e. The zero-order valence-corrected chi connectivity index (χ0v) is 14.3. The molecule has 0 heterocycles. The van der Waals surface area contributed by atoms with E-state index in [1.807, 2.05) is 60.7 Å². The van der Waals surface area contributed by atoms with E-state index >= 15 is 0 Å². The Morgan fingerprint density at radius 3 is 2.31 bits per heavy atom. The molecule has 0 fully saturated rings. The summed E-state index contributed by atoms with van der Waals surface area (Å²) in [6.07, 6.45) is 0. The summed E-state index contributed by atoms with van der Waals surface area (Å²) >= 11 is 0. The van der Waals surface area contributed by atoms with Crippen LogP contribution in [-0.4, -0.2) is 12.5 Å². The van der Waals surface area contributed by atoms with E-state index in [-0.39, 0.29) is 17.5 Å². The molecule has 0 saturated heterocycles. The lowest BCUT2D eigenvalue weighted by molar-refractivity contribution is 0.0796. The quantitative estimate of drug-likeness (QED) is 0.681. The van der Waals surface area contributed by atoms with E-state index < -0.39 is 5.82 Å². The van der Waals surface area contributed by atoms with Crippen LogP contribution >= 0.6 is 0 Å². The van der Waals surface area contributed by atoms with Gasteiger partial charge in [-0.15, -0.1) is 0 Å². The standard InChI is InChI=1S/C22H20FNO2/c23-20-13-7-12-19(14-20)22(25)24-21(18-10-5-2-6-11-18)16-26-15-17-8-3-1-4-9-17/h1-14,21H,15-16H2,(H,24,25). The molecule has 1 atom stereocenters.